The maximum absolute atomic E-state index is 12.7. The summed E-state index contributed by atoms with van der Waals surface area (Å²) >= 11 is 0. The average molecular weight is 331 g/mol. The minimum Gasteiger partial charge on any atom is -0.369 e. The number of aryl methyl sites for hydroxylation is 1. The molecule has 3 rings (SSSR count). The summed E-state index contributed by atoms with van der Waals surface area (Å²) in [5.41, 5.74) is 6.26. The molecule has 1 aromatic rings. The zero-order valence-electron chi connectivity index (χ0n) is 14.1. The number of hydrogen-bond acceptors (Lipinski definition) is 5. The molecule has 2 fully saturated rings. The molecule has 3 heterocycles. The second kappa shape index (κ2) is 7.15. The quantitative estimate of drug-likeness (QED) is 0.881. The molecule has 0 atom stereocenters. The number of likely N-dealkylation sites (tertiary alicyclic amines) is 1. The monoisotopic (exact) mass is 331 g/mol. The van der Waals surface area contributed by atoms with Crippen molar-refractivity contribution in [2.24, 2.45) is 17.6 Å². The van der Waals surface area contributed by atoms with Crippen molar-refractivity contribution in [3.8, 4) is 0 Å². The highest BCUT2D eigenvalue weighted by molar-refractivity contribution is 5.80. The number of nitrogens with two attached hydrogens (primary N) is 1. The van der Waals surface area contributed by atoms with E-state index in [-0.39, 0.29) is 23.7 Å². The second-order valence-electron chi connectivity index (χ2n) is 6.80. The van der Waals surface area contributed by atoms with Gasteiger partial charge in [0.2, 0.25) is 11.8 Å². The van der Waals surface area contributed by atoms with E-state index in [1.165, 1.54) is 0 Å². The van der Waals surface area contributed by atoms with Crippen molar-refractivity contribution in [1.82, 2.24) is 15.1 Å². The van der Waals surface area contributed by atoms with Gasteiger partial charge in [0.05, 0.1) is 5.69 Å². The van der Waals surface area contributed by atoms with E-state index >= 15 is 0 Å². The lowest BCUT2D eigenvalue weighted by Crippen LogP contribution is -2.47. The van der Waals surface area contributed by atoms with Crippen molar-refractivity contribution in [3.63, 3.8) is 0 Å². The molecule has 2 aliphatic rings. The molecular weight excluding hydrogens is 306 g/mol. The van der Waals surface area contributed by atoms with Crippen LogP contribution in [0.4, 0.5) is 5.82 Å². The summed E-state index contributed by atoms with van der Waals surface area (Å²) in [5.74, 6) is 0.872. The van der Waals surface area contributed by atoms with E-state index in [0.29, 0.717) is 25.9 Å². The number of piperidine rings is 2. The number of nitrogens with zero attached hydrogens (tertiary/aromatic N) is 4. The molecule has 0 radical (unpaired) electrons. The van der Waals surface area contributed by atoms with Crippen molar-refractivity contribution in [2.45, 2.75) is 32.6 Å². The topological polar surface area (TPSA) is 92.4 Å². The van der Waals surface area contributed by atoms with Crippen molar-refractivity contribution in [2.75, 3.05) is 31.1 Å². The summed E-state index contributed by atoms with van der Waals surface area (Å²) in [6.45, 7) is 4.87. The average Bonchev–Trinajstić information content (AvgIpc) is 2.62. The zero-order valence-corrected chi connectivity index (χ0v) is 14.1. The van der Waals surface area contributed by atoms with E-state index in [9.17, 15) is 9.59 Å². The van der Waals surface area contributed by atoms with Crippen molar-refractivity contribution in [1.29, 1.82) is 0 Å². The van der Waals surface area contributed by atoms with Gasteiger partial charge in [0.25, 0.3) is 0 Å². The molecular formula is C17H25N5O2. The largest absolute Gasteiger partial charge is 0.369 e. The normalized spacial score (nSPS) is 20.2. The summed E-state index contributed by atoms with van der Waals surface area (Å²) in [4.78, 5) is 28.0. The molecule has 0 aliphatic carbocycles. The number of carbonyl (C=O) groups is 2. The predicted octanol–water partition coefficient (Wildman–Crippen LogP) is 0.725. The highest BCUT2D eigenvalue weighted by Crippen LogP contribution is 2.25. The molecule has 2 saturated heterocycles. The highest BCUT2D eigenvalue weighted by atomic mass is 16.2. The van der Waals surface area contributed by atoms with Crippen LogP contribution >= 0.6 is 0 Å². The number of hydrogen-bond donors (Lipinski definition) is 1. The lowest BCUT2D eigenvalue weighted by molar-refractivity contribution is -0.139. The third kappa shape index (κ3) is 3.66. The third-order valence-corrected chi connectivity index (χ3v) is 5.16. The number of aromatic nitrogens is 2. The van der Waals surface area contributed by atoms with Crippen LogP contribution in [0, 0.1) is 18.8 Å². The third-order valence-electron chi connectivity index (χ3n) is 5.16. The Balaban J connectivity index is 1.50. The van der Waals surface area contributed by atoms with Gasteiger partial charge in [-0.15, -0.1) is 5.10 Å². The van der Waals surface area contributed by atoms with Gasteiger partial charge in [0, 0.05) is 38.0 Å². The molecule has 7 heteroatoms. The summed E-state index contributed by atoms with van der Waals surface area (Å²) in [6.07, 6.45) is 3.06. The predicted molar refractivity (Wildman–Crippen MR) is 90.2 cm³/mol. The Kier molecular flexibility index (Phi) is 4.97. The fraction of sp³-hybridized carbons (Fsp3) is 0.647. The van der Waals surface area contributed by atoms with Crippen molar-refractivity contribution in [3.05, 3.63) is 17.8 Å². The standard InChI is InChI=1S/C17H25N5O2/c1-12-2-3-15(20-19-12)21-8-6-14(7-9-21)17(24)22-10-4-13(5-11-22)16(18)23/h2-3,13-14H,4-11H2,1H3,(H2,18,23). The molecule has 1 aromatic heterocycles. The minimum atomic E-state index is -0.241. The first-order valence-corrected chi connectivity index (χ1v) is 8.68. The molecule has 2 aliphatic heterocycles. The first-order chi connectivity index (χ1) is 11.5. The van der Waals surface area contributed by atoms with Crippen LogP contribution in [0.5, 0.6) is 0 Å². The van der Waals surface area contributed by atoms with Crippen LogP contribution < -0.4 is 10.6 Å². The van der Waals surface area contributed by atoms with Crippen LogP contribution in [0.15, 0.2) is 12.1 Å². The van der Waals surface area contributed by atoms with E-state index in [0.717, 1.165) is 37.4 Å². The summed E-state index contributed by atoms with van der Waals surface area (Å²) in [6, 6.07) is 3.95. The van der Waals surface area contributed by atoms with Gasteiger partial charge in [-0.1, -0.05) is 0 Å². The Labute approximate surface area is 142 Å². The zero-order chi connectivity index (χ0) is 17.1. The van der Waals surface area contributed by atoms with Crippen LogP contribution in [-0.4, -0.2) is 53.1 Å². The molecule has 0 spiro atoms. The SMILES string of the molecule is Cc1ccc(N2CCC(C(=O)N3CCC(C(N)=O)CC3)CC2)nn1. The van der Waals surface area contributed by atoms with E-state index in [4.69, 9.17) is 5.73 Å². The number of amides is 2. The minimum absolute atomic E-state index is 0.0731. The van der Waals surface area contributed by atoms with Crippen LogP contribution in [0.25, 0.3) is 0 Å². The van der Waals surface area contributed by atoms with Crippen LogP contribution in [-0.2, 0) is 9.59 Å². The van der Waals surface area contributed by atoms with Crippen molar-refractivity contribution >= 4 is 17.6 Å². The fourth-order valence-corrected chi connectivity index (χ4v) is 3.56. The number of primary amides is 1. The molecule has 130 valence electrons. The second-order valence-corrected chi connectivity index (χ2v) is 6.80. The Morgan fingerprint density at radius 1 is 1.00 bits per heavy atom. The first-order valence-electron chi connectivity index (χ1n) is 8.68. The van der Waals surface area contributed by atoms with Gasteiger partial charge >= 0.3 is 0 Å². The molecule has 24 heavy (non-hydrogen) atoms. The number of carbonyl (C=O) groups excluding carboxylic acids is 2. The number of rotatable bonds is 3. The van der Waals surface area contributed by atoms with Crippen LogP contribution in [0.2, 0.25) is 0 Å². The molecule has 0 saturated carbocycles. The van der Waals surface area contributed by atoms with E-state index in [1.54, 1.807) is 0 Å². The van der Waals surface area contributed by atoms with Gasteiger partial charge < -0.3 is 15.5 Å². The smallest absolute Gasteiger partial charge is 0.225 e. The fourth-order valence-electron chi connectivity index (χ4n) is 3.56. The Morgan fingerprint density at radius 2 is 1.62 bits per heavy atom. The van der Waals surface area contributed by atoms with E-state index in [2.05, 4.69) is 15.1 Å². The molecule has 7 nitrogen and oxygen atoms in total. The molecule has 0 unspecified atom stereocenters. The maximum Gasteiger partial charge on any atom is 0.225 e. The molecule has 0 bridgehead atoms. The van der Waals surface area contributed by atoms with Crippen LogP contribution in [0.3, 0.4) is 0 Å². The highest BCUT2D eigenvalue weighted by Gasteiger charge is 2.32. The van der Waals surface area contributed by atoms with Crippen molar-refractivity contribution < 1.29 is 9.59 Å². The Morgan fingerprint density at radius 3 is 2.17 bits per heavy atom. The van der Waals surface area contributed by atoms with Gasteiger partial charge in [0.1, 0.15) is 0 Å². The molecule has 0 aromatic carbocycles. The van der Waals surface area contributed by atoms with Gasteiger partial charge in [0.15, 0.2) is 5.82 Å². The number of anilines is 1. The van der Waals surface area contributed by atoms with Gasteiger partial charge in [-0.2, -0.15) is 5.10 Å². The van der Waals surface area contributed by atoms with Gasteiger partial charge in [-0.25, -0.2) is 0 Å². The first kappa shape index (κ1) is 16.7. The Hall–Kier alpha value is -2.18. The lowest BCUT2D eigenvalue weighted by atomic mass is 9.92. The van der Waals surface area contributed by atoms with Gasteiger partial charge in [-0.05, 0) is 44.7 Å². The Bertz CT molecular complexity index is 588. The van der Waals surface area contributed by atoms with E-state index < -0.39 is 0 Å². The van der Waals surface area contributed by atoms with Crippen LogP contribution in [0.1, 0.15) is 31.4 Å². The van der Waals surface area contributed by atoms with E-state index in [1.807, 2.05) is 24.0 Å². The van der Waals surface area contributed by atoms with Gasteiger partial charge in [-0.3, -0.25) is 9.59 Å². The molecule has 2 amide bonds. The summed E-state index contributed by atoms with van der Waals surface area (Å²) in [5, 5.41) is 8.32. The summed E-state index contributed by atoms with van der Waals surface area (Å²) < 4.78 is 0. The molecule has 2 N–H and O–H groups in total. The maximum atomic E-state index is 12.7. The lowest BCUT2D eigenvalue weighted by Gasteiger charge is -2.37. The summed E-state index contributed by atoms with van der Waals surface area (Å²) in [7, 11) is 0.